The van der Waals surface area contributed by atoms with Crippen molar-refractivity contribution >= 4 is 0 Å². The van der Waals surface area contributed by atoms with E-state index in [1.165, 1.54) is 30.7 Å². The Balaban J connectivity index is 1.30. The summed E-state index contributed by atoms with van der Waals surface area (Å²) < 4.78 is 15.4. The van der Waals surface area contributed by atoms with Gasteiger partial charge >= 0.3 is 0 Å². The first kappa shape index (κ1) is 16.7. The van der Waals surface area contributed by atoms with Crippen molar-refractivity contribution in [3.05, 3.63) is 47.3 Å². The Morgan fingerprint density at radius 3 is 2.28 bits per heavy atom. The molecule has 25 heavy (non-hydrogen) atoms. The molecule has 2 aliphatic rings. The summed E-state index contributed by atoms with van der Waals surface area (Å²) in [5.41, 5.74) is 1.18. The van der Waals surface area contributed by atoms with Gasteiger partial charge in [0, 0.05) is 45.7 Å². The Morgan fingerprint density at radius 1 is 0.800 bits per heavy atom. The number of fused-ring (bicyclic) bond motifs is 1. The molecule has 6 heteroatoms. The molecule has 3 heterocycles. The molecular weight excluding hydrogens is 317 g/mol. The van der Waals surface area contributed by atoms with Crippen molar-refractivity contribution in [3.8, 4) is 0 Å². The van der Waals surface area contributed by atoms with E-state index in [1.54, 1.807) is 12.1 Å². The minimum absolute atomic E-state index is 0.166. The standard InChI is InChI=1S/C19H26FN5/c20-17-7-5-16(6-8-17)14-23-10-12-24(13-11-23)15-19-22-21-18-4-2-1-3-9-25(18)19/h5-8H,1-4,9-15H2. The highest BCUT2D eigenvalue weighted by molar-refractivity contribution is 5.16. The fourth-order valence-corrected chi connectivity index (χ4v) is 3.82. The van der Waals surface area contributed by atoms with Crippen LogP contribution in [0.4, 0.5) is 4.39 Å². The predicted octanol–water partition coefficient (Wildman–Crippen LogP) is 2.46. The lowest BCUT2D eigenvalue weighted by Crippen LogP contribution is -2.45. The molecule has 0 spiro atoms. The van der Waals surface area contributed by atoms with Crippen molar-refractivity contribution in [1.82, 2.24) is 24.6 Å². The van der Waals surface area contributed by atoms with E-state index in [2.05, 4.69) is 24.6 Å². The van der Waals surface area contributed by atoms with Crippen LogP contribution in [0.15, 0.2) is 24.3 Å². The van der Waals surface area contributed by atoms with E-state index in [-0.39, 0.29) is 5.82 Å². The summed E-state index contributed by atoms with van der Waals surface area (Å²) in [6, 6.07) is 6.85. The third-order valence-electron chi connectivity index (χ3n) is 5.34. The Bertz CT molecular complexity index is 688. The molecule has 0 aliphatic carbocycles. The highest BCUT2D eigenvalue weighted by Gasteiger charge is 2.21. The predicted molar refractivity (Wildman–Crippen MR) is 94.5 cm³/mol. The van der Waals surface area contributed by atoms with Crippen LogP contribution in [0, 0.1) is 5.82 Å². The first-order valence-electron chi connectivity index (χ1n) is 9.38. The summed E-state index contributed by atoms with van der Waals surface area (Å²) >= 11 is 0. The zero-order valence-electron chi connectivity index (χ0n) is 14.7. The number of hydrogen-bond acceptors (Lipinski definition) is 4. The first-order chi connectivity index (χ1) is 12.3. The second-order valence-corrected chi connectivity index (χ2v) is 7.17. The van der Waals surface area contributed by atoms with Crippen molar-refractivity contribution in [3.63, 3.8) is 0 Å². The Labute approximate surface area is 148 Å². The third kappa shape index (κ3) is 4.07. The van der Waals surface area contributed by atoms with Crippen LogP contribution in [-0.4, -0.2) is 50.7 Å². The molecule has 4 rings (SSSR count). The molecule has 5 nitrogen and oxygen atoms in total. The molecule has 1 fully saturated rings. The van der Waals surface area contributed by atoms with Gasteiger partial charge in [-0.15, -0.1) is 10.2 Å². The van der Waals surface area contributed by atoms with E-state index >= 15 is 0 Å². The molecule has 134 valence electrons. The molecule has 0 amide bonds. The summed E-state index contributed by atoms with van der Waals surface area (Å²) in [4.78, 5) is 4.91. The first-order valence-corrected chi connectivity index (χ1v) is 9.38. The van der Waals surface area contributed by atoms with Crippen molar-refractivity contribution in [2.75, 3.05) is 26.2 Å². The Kier molecular flexibility index (Phi) is 5.08. The number of hydrogen-bond donors (Lipinski definition) is 0. The molecule has 0 N–H and O–H groups in total. The quantitative estimate of drug-likeness (QED) is 0.855. The third-order valence-corrected chi connectivity index (χ3v) is 5.34. The summed E-state index contributed by atoms with van der Waals surface area (Å²) in [5, 5.41) is 8.86. The number of halogens is 1. The van der Waals surface area contributed by atoms with Crippen molar-refractivity contribution in [2.24, 2.45) is 0 Å². The van der Waals surface area contributed by atoms with Gasteiger partial charge in [0.05, 0.1) is 6.54 Å². The van der Waals surface area contributed by atoms with Gasteiger partial charge in [0.25, 0.3) is 0 Å². The monoisotopic (exact) mass is 343 g/mol. The van der Waals surface area contributed by atoms with Gasteiger partial charge in [0.2, 0.25) is 0 Å². The van der Waals surface area contributed by atoms with Gasteiger partial charge in [-0.3, -0.25) is 9.80 Å². The Hall–Kier alpha value is -1.79. The molecule has 0 unspecified atom stereocenters. The van der Waals surface area contributed by atoms with E-state index in [1.807, 2.05) is 12.1 Å². The van der Waals surface area contributed by atoms with Gasteiger partial charge in [0.15, 0.2) is 0 Å². The van der Waals surface area contributed by atoms with E-state index < -0.39 is 0 Å². The maximum Gasteiger partial charge on any atom is 0.147 e. The van der Waals surface area contributed by atoms with Gasteiger partial charge in [-0.1, -0.05) is 18.6 Å². The summed E-state index contributed by atoms with van der Waals surface area (Å²) in [6.45, 7) is 7.04. The Morgan fingerprint density at radius 2 is 1.52 bits per heavy atom. The van der Waals surface area contributed by atoms with Gasteiger partial charge in [-0.25, -0.2) is 4.39 Å². The largest absolute Gasteiger partial charge is 0.314 e. The van der Waals surface area contributed by atoms with Gasteiger partial charge < -0.3 is 4.57 Å². The molecule has 2 aromatic rings. The van der Waals surface area contributed by atoms with Crippen molar-refractivity contribution < 1.29 is 4.39 Å². The fraction of sp³-hybridized carbons (Fsp3) is 0.579. The summed E-state index contributed by atoms with van der Waals surface area (Å²) in [7, 11) is 0. The van der Waals surface area contributed by atoms with Crippen LogP contribution in [0.2, 0.25) is 0 Å². The average Bonchev–Trinajstić information content (AvgIpc) is 2.85. The fourth-order valence-electron chi connectivity index (χ4n) is 3.82. The van der Waals surface area contributed by atoms with E-state index in [0.29, 0.717) is 0 Å². The second-order valence-electron chi connectivity index (χ2n) is 7.17. The van der Waals surface area contributed by atoms with E-state index in [4.69, 9.17) is 0 Å². The molecular formula is C19H26FN5. The zero-order chi connectivity index (χ0) is 17.1. The molecule has 2 aliphatic heterocycles. The SMILES string of the molecule is Fc1ccc(CN2CCN(Cc3nnc4n3CCCCC4)CC2)cc1. The van der Waals surface area contributed by atoms with Crippen molar-refractivity contribution in [2.45, 2.75) is 45.3 Å². The van der Waals surface area contributed by atoms with E-state index in [9.17, 15) is 4.39 Å². The lowest BCUT2D eigenvalue weighted by atomic mass is 10.2. The van der Waals surface area contributed by atoms with Crippen LogP contribution < -0.4 is 0 Å². The minimum Gasteiger partial charge on any atom is -0.314 e. The minimum atomic E-state index is -0.166. The molecule has 0 atom stereocenters. The highest BCUT2D eigenvalue weighted by atomic mass is 19.1. The zero-order valence-corrected chi connectivity index (χ0v) is 14.7. The number of aromatic nitrogens is 3. The van der Waals surface area contributed by atoms with Crippen LogP contribution in [0.5, 0.6) is 0 Å². The van der Waals surface area contributed by atoms with Crippen molar-refractivity contribution in [1.29, 1.82) is 0 Å². The normalized spacial score (nSPS) is 19.6. The van der Waals surface area contributed by atoms with Crippen LogP contribution in [0.3, 0.4) is 0 Å². The number of nitrogens with zero attached hydrogens (tertiary/aromatic N) is 5. The topological polar surface area (TPSA) is 37.2 Å². The molecule has 0 saturated carbocycles. The number of rotatable bonds is 4. The number of piperazine rings is 1. The molecule has 0 radical (unpaired) electrons. The van der Waals surface area contributed by atoms with Crippen LogP contribution in [0.1, 0.15) is 36.5 Å². The summed E-state index contributed by atoms with van der Waals surface area (Å²) in [6.07, 6.45) is 4.84. The summed E-state index contributed by atoms with van der Waals surface area (Å²) in [5.74, 6) is 2.13. The van der Waals surface area contributed by atoms with Gasteiger partial charge in [-0.2, -0.15) is 0 Å². The molecule has 1 aromatic heterocycles. The maximum atomic E-state index is 13.0. The van der Waals surface area contributed by atoms with Gasteiger partial charge in [0.1, 0.15) is 17.5 Å². The lowest BCUT2D eigenvalue weighted by Gasteiger charge is -2.34. The van der Waals surface area contributed by atoms with E-state index in [0.717, 1.165) is 58.1 Å². The van der Waals surface area contributed by atoms with Crippen LogP contribution in [-0.2, 0) is 26.1 Å². The maximum absolute atomic E-state index is 13.0. The smallest absolute Gasteiger partial charge is 0.147 e. The molecule has 1 aromatic carbocycles. The number of benzene rings is 1. The highest BCUT2D eigenvalue weighted by Crippen LogP contribution is 2.16. The van der Waals surface area contributed by atoms with Gasteiger partial charge in [-0.05, 0) is 30.5 Å². The van der Waals surface area contributed by atoms with Crippen LogP contribution in [0.25, 0.3) is 0 Å². The lowest BCUT2D eigenvalue weighted by molar-refractivity contribution is 0.118. The molecule has 1 saturated heterocycles. The average molecular weight is 343 g/mol. The molecule has 0 bridgehead atoms. The number of aryl methyl sites for hydroxylation is 1. The second kappa shape index (κ2) is 7.62. The van der Waals surface area contributed by atoms with Crippen LogP contribution >= 0.6 is 0 Å².